The first kappa shape index (κ1) is 20.5. The fourth-order valence-electron chi connectivity index (χ4n) is 2.12. The molecule has 9 heteroatoms. The van der Waals surface area contributed by atoms with Crippen molar-refractivity contribution in [3.8, 4) is 5.75 Å². The van der Waals surface area contributed by atoms with Crippen LogP contribution >= 0.6 is 0 Å². The van der Waals surface area contributed by atoms with Crippen LogP contribution in [0.1, 0.15) is 5.56 Å². The number of halogens is 2. The molecule has 0 aromatic heterocycles. The summed E-state index contributed by atoms with van der Waals surface area (Å²) in [5.41, 5.74) is 0.585. The number of rotatable bonds is 7. The van der Waals surface area contributed by atoms with Gasteiger partial charge in [0.2, 0.25) is 15.9 Å². The van der Waals surface area contributed by atoms with Crippen molar-refractivity contribution in [2.75, 3.05) is 19.4 Å². The third-order valence-corrected chi connectivity index (χ3v) is 5.24. The van der Waals surface area contributed by atoms with Gasteiger partial charge in [-0.1, -0.05) is 24.3 Å². The lowest BCUT2D eigenvalue weighted by Gasteiger charge is -2.12. The number of sulfonamides is 1. The lowest BCUT2D eigenvalue weighted by atomic mass is 10.2. The second-order valence-corrected chi connectivity index (χ2v) is 7.71. The van der Waals surface area contributed by atoms with Crippen LogP contribution in [0, 0.1) is 0 Å². The Kier molecular flexibility index (Phi) is 6.65. The Bertz CT molecular complexity index is 944. The zero-order valence-electron chi connectivity index (χ0n) is 14.6. The molecule has 0 aliphatic heterocycles. The lowest BCUT2D eigenvalue weighted by molar-refractivity contribution is -0.111. The number of anilines is 1. The predicted octanol–water partition coefficient (Wildman–Crippen LogP) is 3.19. The van der Waals surface area contributed by atoms with E-state index in [1.165, 1.54) is 62.6 Å². The first-order valence-electron chi connectivity index (χ1n) is 7.75. The van der Waals surface area contributed by atoms with Gasteiger partial charge in [-0.2, -0.15) is 8.78 Å². The summed E-state index contributed by atoms with van der Waals surface area (Å²) >= 11 is 0. The summed E-state index contributed by atoms with van der Waals surface area (Å²) in [5.74, 6) is -0.614. The molecule has 0 spiro atoms. The molecule has 0 fully saturated rings. The van der Waals surface area contributed by atoms with Crippen LogP contribution in [-0.2, 0) is 14.8 Å². The van der Waals surface area contributed by atoms with Crippen molar-refractivity contribution in [1.29, 1.82) is 0 Å². The van der Waals surface area contributed by atoms with Gasteiger partial charge >= 0.3 is 6.61 Å². The largest absolute Gasteiger partial charge is 0.434 e. The summed E-state index contributed by atoms with van der Waals surface area (Å²) in [6, 6.07) is 11.8. The second kappa shape index (κ2) is 8.74. The number of nitrogens with zero attached hydrogens (tertiary/aromatic N) is 1. The molecule has 0 saturated carbocycles. The van der Waals surface area contributed by atoms with Crippen molar-refractivity contribution in [3.63, 3.8) is 0 Å². The molecule has 1 N–H and O–H groups in total. The Balaban J connectivity index is 2.14. The Morgan fingerprint density at radius 2 is 1.85 bits per heavy atom. The smallest absolute Gasteiger partial charge is 0.387 e. The molecule has 0 aliphatic carbocycles. The van der Waals surface area contributed by atoms with Gasteiger partial charge in [0.1, 0.15) is 5.75 Å². The van der Waals surface area contributed by atoms with Crippen LogP contribution in [0.3, 0.4) is 0 Å². The second-order valence-electron chi connectivity index (χ2n) is 5.55. The van der Waals surface area contributed by atoms with Crippen molar-refractivity contribution in [3.05, 3.63) is 60.2 Å². The number of amides is 1. The molecule has 0 saturated heterocycles. The van der Waals surface area contributed by atoms with Gasteiger partial charge in [0, 0.05) is 31.4 Å². The van der Waals surface area contributed by atoms with E-state index in [4.69, 9.17) is 0 Å². The van der Waals surface area contributed by atoms with Gasteiger partial charge in [0.05, 0.1) is 4.90 Å². The summed E-state index contributed by atoms with van der Waals surface area (Å²) in [5, 5.41) is 2.53. The highest BCUT2D eigenvalue weighted by molar-refractivity contribution is 7.89. The number of benzene rings is 2. The van der Waals surface area contributed by atoms with E-state index in [1.807, 2.05) is 0 Å². The fraction of sp³-hybridized carbons (Fsp3) is 0.167. The maximum absolute atomic E-state index is 12.4. The summed E-state index contributed by atoms with van der Waals surface area (Å²) < 4.78 is 54.5. The molecule has 0 radical (unpaired) electrons. The van der Waals surface area contributed by atoms with Crippen LogP contribution < -0.4 is 10.1 Å². The van der Waals surface area contributed by atoms with Crippen LogP contribution in [0.5, 0.6) is 5.75 Å². The standard InChI is InChI=1S/C18H18F2N2O4S/c1-22(2)27(24,25)15-8-5-7-14(12-15)21-17(23)11-10-13-6-3-4-9-16(13)26-18(19)20/h3-12,18H,1-2H3,(H,21,23)/b11-10+. The maximum atomic E-state index is 12.4. The zero-order chi connectivity index (χ0) is 20.0. The van der Waals surface area contributed by atoms with Gasteiger partial charge in [-0.3, -0.25) is 4.79 Å². The van der Waals surface area contributed by atoms with Crippen LogP contribution in [0.4, 0.5) is 14.5 Å². The summed E-state index contributed by atoms with van der Waals surface area (Å²) in [6.45, 7) is -2.98. The summed E-state index contributed by atoms with van der Waals surface area (Å²) in [6.07, 6.45) is 2.47. The fourth-order valence-corrected chi connectivity index (χ4v) is 3.06. The van der Waals surface area contributed by atoms with E-state index >= 15 is 0 Å². The monoisotopic (exact) mass is 396 g/mol. The Hall–Kier alpha value is -2.78. The first-order valence-corrected chi connectivity index (χ1v) is 9.19. The Morgan fingerprint density at radius 3 is 2.52 bits per heavy atom. The minimum absolute atomic E-state index is 0.0324. The SMILES string of the molecule is CN(C)S(=O)(=O)c1cccc(NC(=O)/C=C/c2ccccc2OC(F)F)c1. The molecule has 2 aromatic rings. The normalized spacial score (nSPS) is 11.9. The lowest BCUT2D eigenvalue weighted by Crippen LogP contribution is -2.22. The number of alkyl halides is 2. The van der Waals surface area contributed by atoms with Crippen molar-refractivity contribution in [1.82, 2.24) is 4.31 Å². The Labute approximate surface area is 156 Å². The number of hydrogen-bond donors (Lipinski definition) is 1. The van der Waals surface area contributed by atoms with Crippen LogP contribution in [0.2, 0.25) is 0 Å². The number of carbonyl (C=O) groups is 1. The predicted molar refractivity (Wildman–Crippen MR) is 98.1 cm³/mol. The zero-order valence-corrected chi connectivity index (χ0v) is 15.4. The van der Waals surface area contributed by atoms with Crippen molar-refractivity contribution in [2.24, 2.45) is 0 Å². The molecule has 2 aromatic carbocycles. The minimum atomic E-state index is -3.63. The van der Waals surface area contributed by atoms with Gasteiger partial charge < -0.3 is 10.1 Å². The molecule has 0 bridgehead atoms. The molecular formula is C18H18F2N2O4S. The summed E-state index contributed by atoms with van der Waals surface area (Å²) in [4.78, 5) is 12.1. The van der Waals surface area contributed by atoms with Gasteiger partial charge in [0.25, 0.3) is 0 Å². The van der Waals surface area contributed by atoms with Gasteiger partial charge in [0.15, 0.2) is 0 Å². The highest BCUT2D eigenvalue weighted by Crippen LogP contribution is 2.22. The number of hydrogen-bond acceptors (Lipinski definition) is 4. The molecule has 144 valence electrons. The highest BCUT2D eigenvalue weighted by atomic mass is 32.2. The van der Waals surface area contributed by atoms with Crippen molar-refractivity contribution >= 4 is 27.7 Å². The third-order valence-electron chi connectivity index (χ3n) is 3.43. The first-order chi connectivity index (χ1) is 12.7. The molecule has 27 heavy (non-hydrogen) atoms. The molecule has 1 amide bonds. The number of nitrogens with one attached hydrogen (secondary N) is 1. The van der Waals surface area contributed by atoms with Crippen molar-refractivity contribution < 1.29 is 26.7 Å². The number of carbonyl (C=O) groups excluding carboxylic acids is 1. The quantitative estimate of drug-likeness (QED) is 0.730. The molecule has 0 unspecified atom stereocenters. The highest BCUT2D eigenvalue weighted by Gasteiger charge is 2.17. The van der Waals surface area contributed by atoms with Gasteiger partial charge in [-0.15, -0.1) is 0 Å². The third kappa shape index (κ3) is 5.60. The van der Waals surface area contributed by atoms with E-state index in [0.29, 0.717) is 5.56 Å². The average Bonchev–Trinajstić information content (AvgIpc) is 2.60. The van der Waals surface area contributed by atoms with E-state index in [-0.39, 0.29) is 16.3 Å². The van der Waals surface area contributed by atoms with Crippen LogP contribution in [0.15, 0.2) is 59.5 Å². The minimum Gasteiger partial charge on any atom is -0.434 e. The van der Waals surface area contributed by atoms with Crippen LogP contribution in [-0.4, -0.2) is 39.3 Å². The number of para-hydroxylation sites is 1. The van der Waals surface area contributed by atoms with Gasteiger partial charge in [-0.25, -0.2) is 12.7 Å². The summed E-state index contributed by atoms with van der Waals surface area (Å²) in [7, 11) is -0.821. The molecule has 0 aliphatic rings. The van der Waals surface area contributed by atoms with E-state index in [1.54, 1.807) is 6.07 Å². The van der Waals surface area contributed by atoms with E-state index in [2.05, 4.69) is 10.1 Å². The maximum Gasteiger partial charge on any atom is 0.387 e. The average molecular weight is 396 g/mol. The van der Waals surface area contributed by atoms with E-state index in [9.17, 15) is 22.0 Å². The molecule has 2 rings (SSSR count). The topological polar surface area (TPSA) is 75.7 Å². The van der Waals surface area contributed by atoms with E-state index < -0.39 is 22.5 Å². The van der Waals surface area contributed by atoms with Crippen molar-refractivity contribution in [2.45, 2.75) is 11.5 Å². The molecular weight excluding hydrogens is 378 g/mol. The molecule has 0 heterocycles. The van der Waals surface area contributed by atoms with Gasteiger partial charge in [-0.05, 0) is 30.3 Å². The number of ether oxygens (including phenoxy) is 1. The van der Waals surface area contributed by atoms with E-state index in [0.717, 1.165) is 10.4 Å². The molecule has 6 nitrogen and oxygen atoms in total. The Morgan fingerprint density at radius 1 is 1.15 bits per heavy atom. The molecule has 0 atom stereocenters. The van der Waals surface area contributed by atoms with Crippen LogP contribution in [0.25, 0.3) is 6.08 Å².